The van der Waals surface area contributed by atoms with Crippen LogP contribution in [-0.4, -0.2) is 17.9 Å². The molecule has 0 spiro atoms. The van der Waals surface area contributed by atoms with E-state index in [9.17, 15) is 9.59 Å². The molecular formula is C26H38N2O3. The number of carbonyl (C=O) groups excluding carboxylic acids is 2. The molecule has 7 atom stereocenters. The van der Waals surface area contributed by atoms with E-state index < -0.39 is 5.54 Å². The number of amides is 2. The fraction of sp³-hybridized carbons (Fsp3) is 0.769. The van der Waals surface area contributed by atoms with Crippen LogP contribution in [0.3, 0.4) is 0 Å². The van der Waals surface area contributed by atoms with Crippen LogP contribution in [0.15, 0.2) is 22.8 Å². The van der Waals surface area contributed by atoms with E-state index in [1.54, 1.807) is 6.26 Å². The minimum atomic E-state index is -0.502. The Hall–Kier alpha value is -1.78. The lowest BCUT2D eigenvalue weighted by molar-refractivity contribution is -0.142. The van der Waals surface area contributed by atoms with Crippen LogP contribution in [0.1, 0.15) is 84.8 Å². The molecule has 1 aromatic heterocycles. The van der Waals surface area contributed by atoms with Gasteiger partial charge in [0.15, 0.2) is 0 Å². The number of hydrogen-bond donors (Lipinski definition) is 2. The quantitative estimate of drug-likeness (QED) is 0.731. The largest absolute Gasteiger partial charge is 0.467 e. The summed E-state index contributed by atoms with van der Waals surface area (Å²) < 4.78 is 5.59. The third-order valence-electron chi connectivity index (χ3n) is 9.98. The lowest BCUT2D eigenvalue weighted by Crippen LogP contribution is -2.61. The van der Waals surface area contributed by atoms with E-state index in [2.05, 4.69) is 24.5 Å². The van der Waals surface area contributed by atoms with E-state index in [4.69, 9.17) is 4.42 Å². The van der Waals surface area contributed by atoms with Crippen molar-refractivity contribution in [2.45, 2.75) is 90.6 Å². The Bertz CT molecular complexity index is 862. The van der Waals surface area contributed by atoms with Crippen LogP contribution in [0, 0.1) is 34.5 Å². The lowest BCUT2D eigenvalue weighted by Gasteiger charge is -2.60. The molecule has 0 radical (unpaired) electrons. The van der Waals surface area contributed by atoms with Crippen molar-refractivity contribution in [2.24, 2.45) is 34.5 Å². The van der Waals surface area contributed by atoms with Gasteiger partial charge in [-0.15, -0.1) is 0 Å². The first kappa shape index (κ1) is 21.1. The predicted octanol–water partition coefficient (Wildman–Crippen LogP) is 4.77. The van der Waals surface area contributed by atoms with Crippen LogP contribution < -0.4 is 10.6 Å². The highest BCUT2D eigenvalue weighted by atomic mass is 16.3. The first-order valence-electron chi connectivity index (χ1n) is 12.3. The van der Waals surface area contributed by atoms with E-state index in [1.165, 1.54) is 12.8 Å². The van der Waals surface area contributed by atoms with Gasteiger partial charge in [-0.3, -0.25) is 9.59 Å². The van der Waals surface area contributed by atoms with Gasteiger partial charge in [-0.2, -0.15) is 0 Å². The van der Waals surface area contributed by atoms with Gasteiger partial charge in [-0.25, -0.2) is 0 Å². The average molecular weight is 427 g/mol. The highest BCUT2D eigenvalue weighted by Gasteiger charge is 2.61. The fourth-order valence-electron chi connectivity index (χ4n) is 8.22. The summed E-state index contributed by atoms with van der Waals surface area (Å²) in [5.74, 6) is 3.27. The number of fused-ring (bicyclic) bond motifs is 5. The summed E-state index contributed by atoms with van der Waals surface area (Å²) >= 11 is 0. The number of hydrogen-bond acceptors (Lipinski definition) is 3. The molecule has 3 aliphatic carbocycles. The zero-order valence-corrected chi connectivity index (χ0v) is 19.5. The fourth-order valence-corrected chi connectivity index (χ4v) is 8.22. The van der Waals surface area contributed by atoms with Crippen molar-refractivity contribution in [1.29, 1.82) is 0 Å². The highest BCUT2D eigenvalue weighted by Crippen LogP contribution is 2.65. The Morgan fingerprint density at radius 2 is 1.87 bits per heavy atom. The molecule has 2 N–H and O–H groups in total. The van der Waals surface area contributed by atoms with E-state index >= 15 is 0 Å². The summed E-state index contributed by atoms with van der Waals surface area (Å²) in [6.45, 7) is 8.87. The molecule has 3 saturated carbocycles. The van der Waals surface area contributed by atoms with Crippen molar-refractivity contribution in [3.05, 3.63) is 24.2 Å². The first-order valence-corrected chi connectivity index (χ1v) is 12.3. The van der Waals surface area contributed by atoms with Crippen LogP contribution in [0.4, 0.5) is 0 Å². The molecule has 31 heavy (non-hydrogen) atoms. The number of piperidine rings is 1. The zero-order chi connectivity index (χ0) is 22.0. The molecule has 2 heterocycles. The monoisotopic (exact) mass is 426 g/mol. The molecule has 1 saturated heterocycles. The van der Waals surface area contributed by atoms with Crippen molar-refractivity contribution >= 4 is 11.8 Å². The van der Waals surface area contributed by atoms with Gasteiger partial charge >= 0.3 is 0 Å². The summed E-state index contributed by atoms with van der Waals surface area (Å²) in [5.41, 5.74) is -0.205. The van der Waals surface area contributed by atoms with Crippen molar-refractivity contribution in [1.82, 2.24) is 10.6 Å². The molecule has 5 rings (SSSR count). The Balaban J connectivity index is 1.34. The van der Waals surface area contributed by atoms with Gasteiger partial charge in [0.1, 0.15) is 5.76 Å². The summed E-state index contributed by atoms with van der Waals surface area (Å²) in [4.78, 5) is 25.5. The third-order valence-corrected chi connectivity index (χ3v) is 9.98. The molecule has 4 aliphatic rings. The standard InChI is InChI=1S/C26H38N2O3/c1-24(2,21-6-5-15-31-21)28-23(30)19-9-8-17-16-7-10-20-26(4,14-12-22(29)27-20)18(16)11-13-25(17,19)3/h5-6,15-20H,7-14H2,1-4H3,(H,27,29)(H,28,30)/t16-,17-,18-,19+,20+,25-,26+/m0/s1. The van der Waals surface area contributed by atoms with E-state index in [0.29, 0.717) is 30.2 Å². The van der Waals surface area contributed by atoms with Crippen molar-refractivity contribution in [3.8, 4) is 0 Å². The molecule has 1 aromatic rings. The van der Waals surface area contributed by atoms with Crippen LogP contribution in [0.5, 0.6) is 0 Å². The molecule has 1 aliphatic heterocycles. The van der Waals surface area contributed by atoms with Crippen LogP contribution in [0.25, 0.3) is 0 Å². The average Bonchev–Trinajstić information content (AvgIpc) is 3.36. The Morgan fingerprint density at radius 1 is 1.10 bits per heavy atom. The smallest absolute Gasteiger partial charge is 0.224 e. The minimum Gasteiger partial charge on any atom is -0.467 e. The van der Waals surface area contributed by atoms with Crippen molar-refractivity contribution < 1.29 is 14.0 Å². The molecule has 5 nitrogen and oxygen atoms in total. The third kappa shape index (κ3) is 3.17. The first-order chi connectivity index (χ1) is 14.6. The molecule has 2 amide bonds. The van der Waals surface area contributed by atoms with Gasteiger partial charge in [-0.1, -0.05) is 13.8 Å². The second-order valence-corrected chi connectivity index (χ2v) is 11.8. The maximum atomic E-state index is 13.5. The molecule has 0 unspecified atom stereocenters. The van der Waals surface area contributed by atoms with E-state index in [1.807, 2.05) is 26.0 Å². The molecular weight excluding hydrogens is 388 g/mol. The second-order valence-electron chi connectivity index (χ2n) is 11.8. The molecule has 170 valence electrons. The topological polar surface area (TPSA) is 71.3 Å². The van der Waals surface area contributed by atoms with Gasteiger partial charge in [-0.05, 0) is 99.5 Å². The minimum absolute atomic E-state index is 0.0734. The molecule has 5 heteroatoms. The summed E-state index contributed by atoms with van der Waals surface area (Å²) in [7, 11) is 0. The van der Waals surface area contributed by atoms with Gasteiger partial charge in [0, 0.05) is 18.4 Å². The number of furan rings is 1. The maximum absolute atomic E-state index is 13.5. The van der Waals surface area contributed by atoms with Crippen molar-refractivity contribution in [3.63, 3.8) is 0 Å². The van der Waals surface area contributed by atoms with Gasteiger partial charge < -0.3 is 15.1 Å². The van der Waals surface area contributed by atoms with Gasteiger partial charge in [0.25, 0.3) is 0 Å². The number of nitrogens with one attached hydrogen (secondary N) is 2. The lowest BCUT2D eigenvalue weighted by atomic mass is 9.47. The SMILES string of the molecule is CC(C)(NC(=O)[C@H]1CC[C@H]2[C@@H]3CC[C@H]4NC(=O)CC[C@]4(C)[C@H]3CC[C@]12C)c1ccco1. The zero-order valence-electron chi connectivity index (χ0n) is 19.5. The van der Waals surface area contributed by atoms with Crippen LogP contribution >= 0.6 is 0 Å². The Labute approximate surface area is 186 Å². The predicted molar refractivity (Wildman–Crippen MR) is 119 cm³/mol. The molecule has 0 bridgehead atoms. The van der Waals surface area contributed by atoms with Crippen LogP contribution in [0.2, 0.25) is 0 Å². The van der Waals surface area contributed by atoms with E-state index in [0.717, 1.165) is 37.9 Å². The Kier molecular flexibility index (Phi) is 4.84. The number of rotatable bonds is 3. The Morgan fingerprint density at radius 3 is 2.61 bits per heavy atom. The molecule has 0 aromatic carbocycles. The second kappa shape index (κ2) is 7.11. The number of carbonyl (C=O) groups is 2. The van der Waals surface area contributed by atoms with Crippen molar-refractivity contribution in [2.75, 3.05) is 0 Å². The molecule has 4 fully saturated rings. The highest BCUT2D eigenvalue weighted by molar-refractivity contribution is 5.81. The van der Waals surface area contributed by atoms with Gasteiger partial charge in [0.05, 0.1) is 11.8 Å². The maximum Gasteiger partial charge on any atom is 0.224 e. The summed E-state index contributed by atoms with van der Waals surface area (Å²) in [6.07, 6.45) is 10.1. The summed E-state index contributed by atoms with van der Waals surface area (Å²) in [6, 6.07) is 4.16. The van der Waals surface area contributed by atoms with Crippen LogP contribution in [-0.2, 0) is 15.1 Å². The summed E-state index contributed by atoms with van der Waals surface area (Å²) in [5, 5.41) is 6.62. The van der Waals surface area contributed by atoms with E-state index in [-0.39, 0.29) is 28.6 Å². The normalized spacial score (nSPS) is 42.2. The van der Waals surface area contributed by atoms with Gasteiger partial charge in [0.2, 0.25) is 11.8 Å².